The zero-order valence-electron chi connectivity index (χ0n) is 14.4. The molecule has 12 nitrogen and oxygen atoms in total. The fraction of sp³-hybridized carbons (Fsp3) is 1.00. The van der Waals surface area contributed by atoms with Crippen LogP contribution in [0.15, 0.2) is 10.2 Å². The molecule has 1 N–H and O–H groups in total. The van der Waals surface area contributed by atoms with Crippen LogP contribution in [0.1, 0.15) is 27.2 Å². The van der Waals surface area contributed by atoms with Crippen LogP contribution in [-0.4, -0.2) is 55.4 Å². The van der Waals surface area contributed by atoms with Crippen molar-refractivity contribution < 1.29 is 40.4 Å². The zero-order chi connectivity index (χ0) is 21.1. The molecule has 1 rings (SSSR count). The Hall–Kier alpha value is -1.80. The van der Waals surface area contributed by atoms with Gasteiger partial charge in [0.1, 0.15) is 0 Å². The van der Waals surface area contributed by atoms with Crippen molar-refractivity contribution >= 4 is 10.1 Å². The van der Waals surface area contributed by atoms with Crippen molar-refractivity contribution in [3.8, 4) is 0 Å². The van der Waals surface area contributed by atoms with Crippen molar-refractivity contribution in [3.63, 3.8) is 0 Å². The number of alkyl halides is 3. The molecule has 27 heavy (non-hydrogen) atoms. The van der Waals surface area contributed by atoms with Crippen LogP contribution in [0, 0.1) is 0 Å². The summed E-state index contributed by atoms with van der Waals surface area (Å²) in [6.07, 6.45) is -3.19. The molecule has 1 heterocycles. The summed E-state index contributed by atoms with van der Waals surface area (Å²) < 4.78 is 73.6. The number of rotatable bonds is 8. The van der Waals surface area contributed by atoms with Crippen molar-refractivity contribution in [1.29, 1.82) is 0 Å². The summed E-state index contributed by atoms with van der Waals surface area (Å²) in [7, 11) is -5.94. The van der Waals surface area contributed by atoms with E-state index in [1.807, 2.05) is 0 Å². The molecule has 0 spiro atoms. The van der Waals surface area contributed by atoms with Gasteiger partial charge in [0.2, 0.25) is 0 Å². The van der Waals surface area contributed by atoms with E-state index in [4.69, 9.17) is 20.5 Å². The molecule has 0 unspecified atom stereocenters. The summed E-state index contributed by atoms with van der Waals surface area (Å²) in [6.45, 7) is 3.08. The summed E-state index contributed by atoms with van der Waals surface area (Å²) in [6, 6.07) is -1.70. The molecule has 1 saturated heterocycles. The van der Waals surface area contributed by atoms with E-state index >= 15 is 0 Å². The lowest BCUT2D eigenvalue weighted by Gasteiger charge is -2.26. The van der Waals surface area contributed by atoms with Crippen molar-refractivity contribution in [1.82, 2.24) is 0 Å². The molecule has 0 aromatic heterocycles. The number of aliphatic hydroxyl groups is 1. The molecule has 0 aliphatic carbocycles. The largest absolute Gasteiger partial charge is 0.523 e. The Bertz CT molecular complexity index is 748. The Labute approximate surface area is 151 Å². The number of azide groups is 2. The van der Waals surface area contributed by atoms with E-state index in [0.29, 0.717) is 0 Å². The van der Waals surface area contributed by atoms with Crippen LogP contribution >= 0.6 is 0 Å². The highest BCUT2D eigenvalue weighted by Gasteiger charge is 2.51. The molecule has 0 radical (unpaired) electrons. The highest BCUT2D eigenvalue weighted by Crippen LogP contribution is 2.40. The maximum atomic E-state index is 12.3. The summed E-state index contributed by atoms with van der Waals surface area (Å²) in [5.41, 5.74) is 9.92. The molecule has 1 fully saturated rings. The summed E-state index contributed by atoms with van der Waals surface area (Å²) in [4.78, 5) is 4.97. The molecule has 0 amide bonds. The second kappa shape index (κ2) is 8.06. The fourth-order valence-corrected chi connectivity index (χ4v) is 2.82. The smallest absolute Gasteiger partial charge is 0.393 e. The second-order valence-corrected chi connectivity index (χ2v) is 7.72. The van der Waals surface area contributed by atoms with Crippen molar-refractivity contribution in [2.75, 3.05) is 6.61 Å². The number of hydrogen-bond acceptors (Lipinski definition) is 8. The van der Waals surface area contributed by atoms with Crippen LogP contribution in [0.3, 0.4) is 0 Å². The first-order valence-corrected chi connectivity index (χ1v) is 8.70. The van der Waals surface area contributed by atoms with Crippen LogP contribution in [0.5, 0.6) is 0 Å². The third-order valence-electron chi connectivity index (χ3n) is 3.50. The quantitative estimate of drug-likeness (QED) is 0.208. The lowest BCUT2D eigenvalue weighted by atomic mass is 9.99. The molecule has 1 aliphatic heterocycles. The van der Waals surface area contributed by atoms with E-state index in [2.05, 4.69) is 24.2 Å². The zero-order valence-corrected chi connectivity index (χ0v) is 15.2. The van der Waals surface area contributed by atoms with E-state index in [-0.39, 0.29) is 0 Å². The maximum absolute atomic E-state index is 12.3. The molecular weight excluding hydrogens is 401 g/mol. The van der Waals surface area contributed by atoms with Crippen LogP contribution < -0.4 is 0 Å². The lowest BCUT2D eigenvalue weighted by molar-refractivity contribution is -0.160. The Morgan fingerprint density at radius 1 is 1.30 bits per heavy atom. The first kappa shape index (κ1) is 23.2. The Balaban J connectivity index is 2.94. The van der Waals surface area contributed by atoms with Gasteiger partial charge >= 0.3 is 15.6 Å². The van der Waals surface area contributed by atoms with Crippen molar-refractivity contribution in [3.05, 3.63) is 20.9 Å². The van der Waals surface area contributed by atoms with Crippen LogP contribution in [0.2, 0.25) is 0 Å². The van der Waals surface area contributed by atoms with Crippen LogP contribution in [0.4, 0.5) is 13.2 Å². The molecule has 4 atom stereocenters. The Morgan fingerprint density at radius 3 is 2.37 bits per heavy atom. The molecule has 0 bridgehead atoms. The van der Waals surface area contributed by atoms with E-state index < -0.39 is 58.4 Å². The Morgan fingerprint density at radius 2 is 1.89 bits per heavy atom. The van der Waals surface area contributed by atoms with Gasteiger partial charge < -0.3 is 14.6 Å². The molecular formula is C11H17F3N6O6S. The maximum Gasteiger partial charge on any atom is 0.523 e. The molecule has 0 aromatic carbocycles. The van der Waals surface area contributed by atoms with Crippen molar-refractivity contribution in [2.24, 2.45) is 10.2 Å². The molecule has 1 aliphatic rings. The standard InChI is InChI=1S/C11H17F3N6O6S/c1-9(2)25-8(10(3,26-9)18-20-16)4-7(21)6(17-19-15)5-24-27(22,23)11(12,13)14/h6-8,21H,4-5H2,1-3H3/t6-,7+,8+,10-/m1/s1. The van der Waals surface area contributed by atoms with Gasteiger partial charge in [-0.3, -0.25) is 4.18 Å². The molecule has 154 valence electrons. The van der Waals surface area contributed by atoms with Gasteiger partial charge in [-0.15, -0.1) is 0 Å². The summed E-state index contributed by atoms with van der Waals surface area (Å²) >= 11 is 0. The van der Waals surface area contributed by atoms with Gasteiger partial charge in [0.25, 0.3) is 0 Å². The summed E-state index contributed by atoms with van der Waals surface area (Å²) in [5.74, 6) is -1.21. The molecule has 0 aromatic rings. The summed E-state index contributed by atoms with van der Waals surface area (Å²) in [5, 5.41) is 16.7. The van der Waals surface area contributed by atoms with Crippen molar-refractivity contribution in [2.45, 2.75) is 62.5 Å². The van der Waals surface area contributed by atoms with Gasteiger partial charge in [-0.1, -0.05) is 10.2 Å². The number of halogens is 3. The SMILES string of the molecule is CC1(C)O[C@@H](C[C@H](O)[C@@H](COS(=O)(=O)C(F)(F)F)N=[N+]=[N-])[C@](C)(N=[N+]=[N-])O1. The van der Waals surface area contributed by atoms with Gasteiger partial charge in [-0.25, -0.2) is 0 Å². The third kappa shape index (κ3) is 5.84. The first-order valence-electron chi connectivity index (χ1n) is 7.29. The highest BCUT2D eigenvalue weighted by molar-refractivity contribution is 7.87. The lowest BCUT2D eigenvalue weighted by Crippen LogP contribution is -2.41. The van der Waals surface area contributed by atoms with Gasteiger partial charge in [0.05, 0.1) is 24.9 Å². The predicted molar refractivity (Wildman–Crippen MR) is 82.1 cm³/mol. The Kier molecular flexibility index (Phi) is 6.94. The second-order valence-electron chi connectivity index (χ2n) is 6.11. The molecule has 16 heteroatoms. The average molecular weight is 418 g/mol. The number of aliphatic hydroxyl groups excluding tert-OH is 1. The van der Waals surface area contributed by atoms with Crippen LogP contribution in [-0.2, 0) is 23.8 Å². The van der Waals surface area contributed by atoms with Gasteiger partial charge in [0, 0.05) is 16.2 Å². The number of hydrogen-bond donors (Lipinski definition) is 1. The first-order chi connectivity index (χ1) is 12.2. The normalized spacial score (nSPS) is 27.3. The predicted octanol–water partition coefficient (Wildman–Crippen LogP) is 2.46. The minimum atomic E-state index is -5.94. The van der Waals surface area contributed by atoms with E-state index in [1.54, 1.807) is 0 Å². The van der Waals surface area contributed by atoms with Gasteiger partial charge in [-0.2, -0.15) is 21.6 Å². The number of ether oxygens (including phenoxy) is 2. The minimum Gasteiger partial charge on any atom is -0.393 e. The van der Waals surface area contributed by atoms with Crippen LogP contribution in [0.25, 0.3) is 20.9 Å². The average Bonchev–Trinajstić information content (AvgIpc) is 2.71. The fourth-order valence-electron chi connectivity index (χ4n) is 2.37. The van der Waals surface area contributed by atoms with Gasteiger partial charge in [0.15, 0.2) is 11.5 Å². The number of nitrogens with zero attached hydrogens (tertiary/aromatic N) is 6. The monoisotopic (exact) mass is 418 g/mol. The topological polar surface area (TPSA) is 180 Å². The van der Waals surface area contributed by atoms with E-state index in [0.717, 1.165) is 0 Å². The minimum absolute atomic E-state index is 0.419. The molecule has 0 saturated carbocycles. The van der Waals surface area contributed by atoms with E-state index in [1.165, 1.54) is 20.8 Å². The highest BCUT2D eigenvalue weighted by atomic mass is 32.2. The van der Waals surface area contributed by atoms with Gasteiger partial charge in [-0.05, 0) is 31.8 Å². The third-order valence-corrected chi connectivity index (χ3v) is 4.51. The van der Waals surface area contributed by atoms with E-state index in [9.17, 15) is 26.7 Å².